The predicted octanol–water partition coefficient (Wildman–Crippen LogP) is 2.27. The van der Waals surface area contributed by atoms with Crippen LogP contribution in [0.4, 0.5) is 0 Å². The van der Waals surface area contributed by atoms with Gasteiger partial charge < -0.3 is 5.73 Å². The van der Waals surface area contributed by atoms with Crippen molar-refractivity contribution in [1.82, 2.24) is 0 Å². The average molecular weight is 163 g/mol. The molecule has 0 bridgehead atoms. The van der Waals surface area contributed by atoms with E-state index in [0.717, 1.165) is 12.8 Å². The average Bonchev–Trinajstić information content (AvgIpc) is 2.01. The lowest BCUT2D eigenvalue weighted by Gasteiger charge is -2.05. The Bertz CT molecular complexity index is 241. The number of hydrogen-bond acceptors (Lipinski definition) is 1. The largest absolute Gasteiger partial charge is 0.328 e. The third-order valence-electron chi connectivity index (χ3n) is 1.97. The van der Waals surface area contributed by atoms with E-state index in [-0.39, 0.29) is 0 Å². The Morgan fingerprint density at radius 2 is 2.17 bits per heavy atom. The second-order valence-electron chi connectivity index (χ2n) is 3.51. The van der Waals surface area contributed by atoms with Crippen LogP contribution < -0.4 is 5.73 Å². The van der Waals surface area contributed by atoms with Gasteiger partial charge in [-0.2, -0.15) is 0 Å². The molecule has 0 spiro atoms. The smallest absolute Gasteiger partial charge is 0.00136 e. The first-order valence-corrected chi connectivity index (χ1v) is 4.49. The van der Waals surface area contributed by atoms with E-state index in [1.807, 2.05) is 0 Å². The van der Waals surface area contributed by atoms with Crippen molar-refractivity contribution < 1.29 is 0 Å². The highest BCUT2D eigenvalue weighted by atomic mass is 14.6. The van der Waals surface area contributed by atoms with Crippen molar-refractivity contribution in [3.63, 3.8) is 0 Å². The fraction of sp³-hybridized carbons (Fsp3) is 0.455. The van der Waals surface area contributed by atoms with Gasteiger partial charge in [-0.15, -0.1) is 0 Å². The summed E-state index contributed by atoms with van der Waals surface area (Å²) in [6.45, 7) is 4.17. The molecule has 12 heavy (non-hydrogen) atoms. The van der Waals surface area contributed by atoms with Gasteiger partial charge in [0.1, 0.15) is 0 Å². The first-order valence-electron chi connectivity index (χ1n) is 4.49. The van der Waals surface area contributed by atoms with Gasteiger partial charge in [0.05, 0.1) is 0 Å². The second-order valence-corrected chi connectivity index (χ2v) is 3.51. The molecule has 0 saturated carbocycles. The predicted molar refractivity (Wildman–Crippen MR) is 53.1 cm³/mol. The molecule has 0 fully saturated rings. The normalized spacial score (nSPS) is 12.9. The molecule has 66 valence electrons. The van der Waals surface area contributed by atoms with Gasteiger partial charge in [0, 0.05) is 6.04 Å². The quantitative estimate of drug-likeness (QED) is 0.726. The number of hydrogen-bond donors (Lipinski definition) is 1. The third kappa shape index (κ3) is 3.05. The van der Waals surface area contributed by atoms with Crippen LogP contribution in [-0.2, 0) is 6.42 Å². The first kappa shape index (κ1) is 9.27. The minimum atomic E-state index is 0.311. The zero-order valence-corrected chi connectivity index (χ0v) is 7.88. The molecule has 0 aromatic heterocycles. The molecule has 0 aliphatic rings. The van der Waals surface area contributed by atoms with Crippen molar-refractivity contribution in [2.45, 2.75) is 32.7 Å². The van der Waals surface area contributed by atoms with E-state index in [1.54, 1.807) is 0 Å². The summed E-state index contributed by atoms with van der Waals surface area (Å²) < 4.78 is 0. The van der Waals surface area contributed by atoms with Gasteiger partial charge in [-0.05, 0) is 32.3 Å². The SMILES string of the molecule is Cc1cccc(CC[C@H](C)N)c1. The molecule has 0 aliphatic heterocycles. The summed E-state index contributed by atoms with van der Waals surface area (Å²) in [5.74, 6) is 0. The van der Waals surface area contributed by atoms with Crippen molar-refractivity contribution in [2.75, 3.05) is 0 Å². The van der Waals surface area contributed by atoms with Crippen molar-refractivity contribution in [3.05, 3.63) is 35.4 Å². The van der Waals surface area contributed by atoms with Crippen LogP contribution in [0.15, 0.2) is 24.3 Å². The number of benzene rings is 1. The number of aryl methyl sites for hydroxylation is 2. The maximum Gasteiger partial charge on any atom is 0.00136 e. The van der Waals surface area contributed by atoms with E-state index in [2.05, 4.69) is 38.1 Å². The summed E-state index contributed by atoms with van der Waals surface area (Å²) in [5, 5.41) is 0. The standard InChI is InChI=1S/C11H17N/c1-9-4-3-5-11(8-9)7-6-10(2)12/h3-5,8,10H,6-7,12H2,1-2H3/t10-/m0/s1. The van der Waals surface area contributed by atoms with E-state index in [4.69, 9.17) is 5.73 Å². The molecule has 1 rings (SSSR count). The van der Waals surface area contributed by atoms with Crippen molar-refractivity contribution in [1.29, 1.82) is 0 Å². The molecule has 0 radical (unpaired) electrons. The van der Waals surface area contributed by atoms with Crippen LogP contribution in [0.1, 0.15) is 24.5 Å². The number of nitrogens with two attached hydrogens (primary N) is 1. The van der Waals surface area contributed by atoms with Crippen LogP contribution in [0.5, 0.6) is 0 Å². The fourth-order valence-electron chi connectivity index (χ4n) is 1.26. The van der Waals surface area contributed by atoms with Crippen LogP contribution >= 0.6 is 0 Å². The minimum Gasteiger partial charge on any atom is -0.328 e. The Hall–Kier alpha value is -0.820. The fourth-order valence-corrected chi connectivity index (χ4v) is 1.26. The lowest BCUT2D eigenvalue weighted by molar-refractivity contribution is 0.666. The summed E-state index contributed by atoms with van der Waals surface area (Å²) in [6.07, 6.45) is 2.17. The minimum absolute atomic E-state index is 0.311. The van der Waals surface area contributed by atoms with Gasteiger partial charge in [0.15, 0.2) is 0 Å². The molecule has 0 aliphatic carbocycles. The molecule has 1 aromatic carbocycles. The Morgan fingerprint density at radius 3 is 2.75 bits per heavy atom. The molecule has 1 aromatic rings. The summed E-state index contributed by atoms with van der Waals surface area (Å²) in [7, 11) is 0. The lowest BCUT2D eigenvalue weighted by atomic mass is 10.0. The molecule has 1 nitrogen and oxygen atoms in total. The lowest BCUT2D eigenvalue weighted by Crippen LogP contribution is -2.15. The zero-order chi connectivity index (χ0) is 8.97. The summed E-state index contributed by atoms with van der Waals surface area (Å²) >= 11 is 0. The van der Waals surface area contributed by atoms with Gasteiger partial charge in [0.2, 0.25) is 0 Å². The summed E-state index contributed by atoms with van der Waals surface area (Å²) in [6, 6.07) is 8.92. The Morgan fingerprint density at radius 1 is 1.42 bits per heavy atom. The topological polar surface area (TPSA) is 26.0 Å². The van der Waals surface area contributed by atoms with E-state index in [0.29, 0.717) is 6.04 Å². The van der Waals surface area contributed by atoms with Gasteiger partial charge in [-0.1, -0.05) is 29.8 Å². The molecular formula is C11H17N. The third-order valence-corrected chi connectivity index (χ3v) is 1.97. The van der Waals surface area contributed by atoms with E-state index in [9.17, 15) is 0 Å². The molecule has 0 unspecified atom stereocenters. The maximum absolute atomic E-state index is 5.68. The van der Waals surface area contributed by atoms with Crippen LogP contribution in [-0.4, -0.2) is 6.04 Å². The first-order chi connectivity index (χ1) is 5.68. The van der Waals surface area contributed by atoms with Gasteiger partial charge in [0.25, 0.3) is 0 Å². The summed E-state index contributed by atoms with van der Waals surface area (Å²) in [4.78, 5) is 0. The van der Waals surface area contributed by atoms with E-state index in [1.165, 1.54) is 11.1 Å². The Kier molecular flexibility index (Phi) is 3.30. The van der Waals surface area contributed by atoms with Crippen molar-refractivity contribution >= 4 is 0 Å². The second kappa shape index (κ2) is 4.27. The van der Waals surface area contributed by atoms with Gasteiger partial charge in [-0.3, -0.25) is 0 Å². The Balaban J connectivity index is 2.52. The van der Waals surface area contributed by atoms with Crippen molar-refractivity contribution in [2.24, 2.45) is 5.73 Å². The summed E-state index contributed by atoms with van der Waals surface area (Å²) in [5.41, 5.74) is 8.40. The van der Waals surface area contributed by atoms with Crippen LogP contribution in [0, 0.1) is 6.92 Å². The zero-order valence-electron chi connectivity index (χ0n) is 7.88. The van der Waals surface area contributed by atoms with Crippen LogP contribution in [0.2, 0.25) is 0 Å². The van der Waals surface area contributed by atoms with Gasteiger partial charge in [-0.25, -0.2) is 0 Å². The highest BCUT2D eigenvalue weighted by molar-refractivity contribution is 5.22. The molecule has 0 amide bonds. The molecule has 0 heterocycles. The highest BCUT2D eigenvalue weighted by Gasteiger charge is 1.96. The highest BCUT2D eigenvalue weighted by Crippen LogP contribution is 2.07. The Labute approximate surface area is 74.6 Å². The van der Waals surface area contributed by atoms with Crippen LogP contribution in [0.25, 0.3) is 0 Å². The monoisotopic (exact) mass is 163 g/mol. The van der Waals surface area contributed by atoms with E-state index >= 15 is 0 Å². The molecule has 1 heteroatoms. The molecule has 2 N–H and O–H groups in total. The molecular weight excluding hydrogens is 146 g/mol. The van der Waals surface area contributed by atoms with E-state index < -0.39 is 0 Å². The van der Waals surface area contributed by atoms with Crippen LogP contribution in [0.3, 0.4) is 0 Å². The molecule has 1 atom stereocenters. The van der Waals surface area contributed by atoms with Gasteiger partial charge >= 0.3 is 0 Å². The molecule has 0 saturated heterocycles. The maximum atomic E-state index is 5.68. The van der Waals surface area contributed by atoms with Crippen molar-refractivity contribution in [3.8, 4) is 0 Å². The number of rotatable bonds is 3.